The number of nitrogens with zero attached hydrogens (tertiary/aromatic N) is 1. The van der Waals surface area contributed by atoms with Crippen LogP contribution >= 0.6 is 11.8 Å². The van der Waals surface area contributed by atoms with Crippen LogP contribution in [0.2, 0.25) is 0 Å². The zero-order valence-corrected chi connectivity index (χ0v) is 12.7. The van der Waals surface area contributed by atoms with Crippen molar-refractivity contribution < 1.29 is 14.7 Å². The van der Waals surface area contributed by atoms with Gasteiger partial charge in [-0.3, -0.25) is 4.79 Å². The van der Waals surface area contributed by atoms with E-state index in [0.29, 0.717) is 5.25 Å². The van der Waals surface area contributed by atoms with E-state index in [1.807, 2.05) is 25.6 Å². The van der Waals surface area contributed by atoms with Gasteiger partial charge in [0.05, 0.1) is 6.42 Å². The fourth-order valence-electron chi connectivity index (χ4n) is 2.35. The lowest BCUT2D eigenvalue weighted by Gasteiger charge is -2.28. The summed E-state index contributed by atoms with van der Waals surface area (Å²) in [4.78, 5) is 24.4. The summed E-state index contributed by atoms with van der Waals surface area (Å²) in [6.45, 7) is 4.07. The summed E-state index contributed by atoms with van der Waals surface area (Å²) in [6.07, 6.45) is 5.26. The first-order chi connectivity index (χ1) is 8.93. The van der Waals surface area contributed by atoms with Crippen LogP contribution in [0.25, 0.3) is 0 Å². The van der Waals surface area contributed by atoms with Crippen molar-refractivity contribution in [3.63, 3.8) is 0 Å². The van der Waals surface area contributed by atoms with Crippen LogP contribution in [0.3, 0.4) is 0 Å². The number of hydrogen-bond acceptors (Lipinski definition) is 3. The molecule has 0 radical (unpaired) electrons. The average molecular weight is 288 g/mol. The Balaban J connectivity index is 2.46. The molecule has 0 aromatic heterocycles. The molecule has 2 atom stereocenters. The Labute approximate surface area is 119 Å². The van der Waals surface area contributed by atoms with Crippen LogP contribution in [-0.2, 0) is 4.79 Å². The first-order valence-corrected chi connectivity index (χ1v) is 8.04. The van der Waals surface area contributed by atoms with Crippen molar-refractivity contribution in [1.29, 1.82) is 0 Å². The Morgan fingerprint density at radius 1 is 1.42 bits per heavy atom. The quantitative estimate of drug-likeness (QED) is 0.786. The van der Waals surface area contributed by atoms with Gasteiger partial charge in [-0.15, -0.1) is 0 Å². The Hall–Kier alpha value is -0.910. The van der Waals surface area contributed by atoms with Crippen LogP contribution in [0.4, 0.5) is 4.79 Å². The van der Waals surface area contributed by atoms with E-state index in [1.165, 1.54) is 0 Å². The van der Waals surface area contributed by atoms with Crippen molar-refractivity contribution in [1.82, 2.24) is 10.2 Å². The number of carboxylic acid groups (broad SMARTS) is 1. The Kier molecular flexibility index (Phi) is 6.48. The molecule has 5 nitrogen and oxygen atoms in total. The molecular formula is C13H24N2O3S. The van der Waals surface area contributed by atoms with Gasteiger partial charge in [0.2, 0.25) is 0 Å². The third-order valence-corrected chi connectivity index (χ3v) is 4.59. The monoisotopic (exact) mass is 288 g/mol. The summed E-state index contributed by atoms with van der Waals surface area (Å²) >= 11 is 1.85. The fourth-order valence-corrected chi connectivity index (χ4v) is 3.15. The van der Waals surface area contributed by atoms with Crippen molar-refractivity contribution in [2.75, 3.05) is 12.8 Å². The van der Waals surface area contributed by atoms with Gasteiger partial charge in [-0.2, -0.15) is 11.8 Å². The van der Waals surface area contributed by atoms with Crippen molar-refractivity contribution in [3.05, 3.63) is 0 Å². The van der Waals surface area contributed by atoms with Crippen LogP contribution in [0, 0.1) is 0 Å². The number of thioether (sulfide) groups is 1. The highest BCUT2D eigenvalue weighted by molar-refractivity contribution is 7.99. The Morgan fingerprint density at radius 2 is 2.11 bits per heavy atom. The van der Waals surface area contributed by atoms with E-state index >= 15 is 0 Å². The van der Waals surface area contributed by atoms with Crippen LogP contribution in [0.5, 0.6) is 0 Å². The predicted octanol–water partition coefficient (Wildman–Crippen LogP) is 2.17. The van der Waals surface area contributed by atoms with Crippen molar-refractivity contribution in [2.45, 2.75) is 56.9 Å². The number of carboxylic acids is 1. The number of carbonyl (C=O) groups is 2. The molecule has 2 N–H and O–H groups in total. The summed E-state index contributed by atoms with van der Waals surface area (Å²) in [5.41, 5.74) is 0. The van der Waals surface area contributed by atoms with Crippen LogP contribution in [0.15, 0.2) is 0 Å². The molecule has 2 unspecified atom stereocenters. The molecule has 1 fully saturated rings. The minimum atomic E-state index is -0.873. The van der Waals surface area contributed by atoms with Crippen LogP contribution < -0.4 is 5.32 Å². The van der Waals surface area contributed by atoms with E-state index in [4.69, 9.17) is 5.11 Å². The Morgan fingerprint density at radius 3 is 2.58 bits per heavy atom. The lowest BCUT2D eigenvalue weighted by atomic mass is 10.2. The molecule has 1 rings (SSSR count). The second kappa shape index (κ2) is 7.62. The van der Waals surface area contributed by atoms with Gasteiger partial charge in [-0.1, -0.05) is 0 Å². The summed E-state index contributed by atoms with van der Waals surface area (Å²) in [5.74, 6) is -0.873. The third-order valence-electron chi connectivity index (χ3n) is 3.50. The van der Waals surface area contributed by atoms with Crippen molar-refractivity contribution >= 4 is 23.8 Å². The van der Waals surface area contributed by atoms with Gasteiger partial charge in [-0.25, -0.2) is 4.79 Å². The molecule has 0 heterocycles. The molecule has 0 saturated heterocycles. The minimum Gasteiger partial charge on any atom is -0.481 e. The van der Waals surface area contributed by atoms with Crippen LogP contribution in [-0.4, -0.2) is 52.1 Å². The standard InChI is InChI=1S/C13H24N2O3S/c1-9(2)15(7-6-12(16)17)13(18)14-10-4-5-11(8-10)19-3/h9-11H,4-8H2,1-3H3,(H,14,18)(H,16,17). The number of amides is 2. The largest absolute Gasteiger partial charge is 0.481 e. The molecule has 0 bridgehead atoms. The second-order valence-corrected chi connectivity index (χ2v) is 6.39. The molecule has 110 valence electrons. The highest BCUT2D eigenvalue weighted by Gasteiger charge is 2.27. The molecule has 19 heavy (non-hydrogen) atoms. The summed E-state index contributed by atoms with van der Waals surface area (Å²) in [7, 11) is 0. The molecule has 0 aromatic carbocycles. The van der Waals surface area contributed by atoms with Gasteiger partial charge in [0, 0.05) is 23.9 Å². The van der Waals surface area contributed by atoms with E-state index < -0.39 is 5.97 Å². The van der Waals surface area contributed by atoms with E-state index in [2.05, 4.69) is 11.6 Å². The molecule has 1 aliphatic carbocycles. The number of aliphatic carboxylic acids is 1. The highest BCUT2D eigenvalue weighted by Crippen LogP contribution is 2.28. The Bertz CT molecular complexity index is 323. The first kappa shape index (κ1) is 16.1. The van der Waals surface area contributed by atoms with Crippen molar-refractivity contribution in [3.8, 4) is 0 Å². The smallest absolute Gasteiger partial charge is 0.317 e. The number of carbonyl (C=O) groups excluding carboxylic acids is 1. The number of rotatable bonds is 6. The summed E-state index contributed by atoms with van der Waals surface area (Å²) in [6, 6.07) is 0.108. The maximum atomic E-state index is 12.2. The summed E-state index contributed by atoms with van der Waals surface area (Å²) < 4.78 is 0. The van der Waals surface area contributed by atoms with Crippen LogP contribution in [0.1, 0.15) is 39.5 Å². The van der Waals surface area contributed by atoms with Gasteiger partial charge in [0.25, 0.3) is 0 Å². The topological polar surface area (TPSA) is 69.6 Å². The molecule has 6 heteroatoms. The normalized spacial score (nSPS) is 22.5. The number of hydrogen-bond donors (Lipinski definition) is 2. The average Bonchev–Trinajstić information content (AvgIpc) is 2.76. The van der Waals surface area contributed by atoms with Gasteiger partial charge < -0.3 is 15.3 Å². The van der Waals surface area contributed by atoms with Crippen molar-refractivity contribution in [2.24, 2.45) is 0 Å². The fraction of sp³-hybridized carbons (Fsp3) is 0.846. The summed E-state index contributed by atoms with van der Waals surface area (Å²) in [5, 5.41) is 12.4. The minimum absolute atomic E-state index is 0.0102. The predicted molar refractivity (Wildman–Crippen MR) is 77.6 cm³/mol. The second-order valence-electron chi connectivity index (χ2n) is 5.25. The lowest BCUT2D eigenvalue weighted by Crippen LogP contribution is -2.47. The van der Waals surface area contributed by atoms with Gasteiger partial charge in [0.1, 0.15) is 0 Å². The molecule has 2 amide bonds. The maximum Gasteiger partial charge on any atom is 0.317 e. The number of urea groups is 1. The van der Waals surface area contributed by atoms with E-state index in [0.717, 1.165) is 19.3 Å². The molecular weight excluding hydrogens is 264 g/mol. The third kappa shape index (κ3) is 5.30. The van der Waals surface area contributed by atoms with Gasteiger partial charge >= 0.3 is 12.0 Å². The van der Waals surface area contributed by atoms with E-state index in [-0.39, 0.29) is 31.1 Å². The molecule has 0 aliphatic heterocycles. The van der Waals surface area contributed by atoms with E-state index in [1.54, 1.807) is 4.90 Å². The number of nitrogens with one attached hydrogen (secondary N) is 1. The molecule has 1 saturated carbocycles. The lowest BCUT2D eigenvalue weighted by molar-refractivity contribution is -0.137. The first-order valence-electron chi connectivity index (χ1n) is 6.75. The van der Waals surface area contributed by atoms with Gasteiger partial charge in [0.15, 0.2) is 0 Å². The zero-order chi connectivity index (χ0) is 14.4. The molecule has 0 spiro atoms. The highest BCUT2D eigenvalue weighted by atomic mass is 32.2. The SMILES string of the molecule is CSC1CCC(NC(=O)N(CCC(=O)O)C(C)C)C1. The molecule has 0 aromatic rings. The zero-order valence-electron chi connectivity index (χ0n) is 11.9. The van der Waals surface area contributed by atoms with E-state index in [9.17, 15) is 9.59 Å². The maximum absolute atomic E-state index is 12.2. The molecule has 1 aliphatic rings. The van der Waals surface area contributed by atoms with Gasteiger partial charge in [-0.05, 0) is 39.4 Å².